The molecule has 0 aromatic heterocycles. The second-order valence-electron chi connectivity index (χ2n) is 2.41. The zero-order chi connectivity index (χ0) is 5.56. The van der Waals surface area contributed by atoms with E-state index < -0.39 is 0 Å². The van der Waals surface area contributed by atoms with Crippen LogP contribution in [0.1, 0.15) is 13.3 Å². The van der Waals surface area contributed by atoms with Crippen molar-refractivity contribution in [2.24, 2.45) is 10.9 Å². The molecule has 0 aromatic carbocycles. The predicted molar refractivity (Wildman–Crippen MR) is 34.2 cm³/mol. The first-order valence-corrected chi connectivity index (χ1v) is 3.09. The monoisotopic (exact) mass is 107 g/mol. The number of allylic oxidation sites excluding steroid dienone is 1. The van der Waals surface area contributed by atoms with Crippen LogP contribution in [0.25, 0.3) is 0 Å². The summed E-state index contributed by atoms with van der Waals surface area (Å²) in [6.45, 7) is 2.97. The molecule has 1 unspecified atom stereocenters. The number of aliphatic imine (C=N–C) groups is 1. The second kappa shape index (κ2) is 1.22. The molecule has 0 heterocycles. The standard InChI is InChI=1S/C7H9N/c1-2-8-4-7-5-3-6(5)7/h2,5H,3-4H2,1H3. The van der Waals surface area contributed by atoms with Gasteiger partial charge in [-0.15, -0.1) is 0 Å². The van der Waals surface area contributed by atoms with Gasteiger partial charge in [0.2, 0.25) is 0 Å². The molecule has 1 fully saturated rings. The van der Waals surface area contributed by atoms with Gasteiger partial charge in [-0.2, -0.15) is 0 Å². The zero-order valence-corrected chi connectivity index (χ0v) is 5.02. The quantitative estimate of drug-likeness (QED) is 0.373. The maximum Gasteiger partial charge on any atom is 0.0604 e. The van der Waals surface area contributed by atoms with Crippen molar-refractivity contribution in [2.45, 2.75) is 13.3 Å². The fraction of sp³-hybridized carbons (Fsp3) is 0.571. The normalized spacial score (nSPS) is 31.4. The summed E-state index contributed by atoms with van der Waals surface area (Å²) in [7, 11) is 0. The fourth-order valence-corrected chi connectivity index (χ4v) is 1.06. The van der Waals surface area contributed by atoms with E-state index in [-0.39, 0.29) is 0 Å². The van der Waals surface area contributed by atoms with Crippen molar-refractivity contribution in [2.75, 3.05) is 6.54 Å². The Morgan fingerprint density at radius 2 is 2.62 bits per heavy atom. The van der Waals surface area contributed by atoms with Gasteiger partial charge >= 0.3 is 0 Å². The van der Waals surface area contributed by atoms with Gasteiger partial charge in [-0.25, -0.2) is 0 Å². The minimum absolute atomic E-state index is 0.957. The van der Waals surface area contributed by atoms with Crippen molar-refractivity contribution in [3.05, 3.63) is 11.1 Å². The molecule has 2 aliphatic rings. The topological polar surface area (TPSA) is 12.4 Å². The van der Waals surface area contributed by atoms with Gasteiger partial charge in [-0.1, -0.05) is 5.57 Å². The van der Waals surface area contributed by atoms with Gasteiger partial charge < -0.3 is 0 Å². The SMILES string of the molecule is CC=NCC1=C2CC12. The van der Waals surface area contributed by atoms with Gasteiger partial charge in [0.25, 0.3) is 0 Å². The van der Waals surface area contributed by atoms with Gasteiger partial charge in [0.05, 0.1) is 6.54 Å². The highest BCUT2D eigenvalue weighted by atomic mass is 14.7. The third kappa shape index (κ3) is 0.443. The van der Waals surface area contributed by atoms with E-state index in [4.69, 9.17) is 0 Å². The first-order chi connectivity index (χ1) is 3.93. The van der Waals surface area contributed by atoms with Crippen LogP contribution in [0.5, 0.6) is 0 Å². The minimum Gasteiger partial charge on any atom is -0.293 e. The predicted octanol–water partition coefficient (Wildman–Crippen LogP) is 1.41. The summed E-state index contributed by atoms with van der Waals surface area (Å²) < 4.78 is 0. The van der Waals surface area contributed by atoms with Crippen molar-refractivity contribution in [1.29, 1.82) is 0 Å². The number of rotatable bonds is 2. The lowest BCUT2D eigenvalue weighted by molar-refractivity contribution is 1.03. The lowest BCUT2D eigenvalue weighted by Crippen LogP contribution is -1.80. The van der Waals surface area contributed by atoms with Crippen LogP contribution < -0.4 is 0 Å². The van der Waals surface area contributed by atoms with Crippen LogP contribution in [0.15, 0.2) is 16.1 Å². The molecule has 8 heavy (non-hydrogen) atoms. The highest BCUT2D eigenvalue weighted by molar-refractivity contribution is 5.59. The van der Waals surface area contributed by atoms with E-state index >= 15 is 0 Å². The molecule has 0 radical (unpaired) electrons. The van der Waals surface area contributed by atoms with Crippen LogP contribution in [-0.4, -0.2) is 12.8 Å². The van der Waals surface area contributed by atoms with Crippen LogP contribution in [-0.2, 0) is 0 Å². The molecule has 1 heteroatoms. The van der Waals surface area contributed by atoms with Gasteiger partial charge in [-0.3, -0.25) is 4.99 Å². The summed E-state index contributed by atoms with van der Waals surface area (Å²) in [6.07, 6.45) is 3.28. The Morgan fingerprint density at radius 1 is 1.88 bits per heavy atom. The molecule has 1 atom stereocenters. The molecule has 1 nitrogen and oxygen atoms in total. The van der Waals surface area contributed by atoms with Gasteiger partial charge in [-0.05, 0) is 25.1 Å². The van der Waals surface area contributed by atoms with Crippen LogP contribution in [0.2, 0.25) is 0 Å². The van der Waals surface area contributed by atoms with Crippen molar-refractivity contribution in [1.82, 2.24) is 0 Å². The Hall–Kier alpha value is -0.590. The summed E-state index contributed by atoms with van der Waals surface area (Å²) >= 11 is 0. The highest BCUT2D eigenvalue weighted by Crippen LogP contribution is 2.61. The van der Waals surface area contributed by atoms with Crippen LogP contribution >= 0.6 is 0 Å². The Morgan fingerprint density at radius 3 is 3.00 bits per heavy atom. The molecule has 0 bridgehead atoms. The van der Waals surface area contributed by atoms with E-state index in [1.807, 2.05) is 13.1 Å². The van der Waals surface area contributed by atoms with Crippen LogP contribution in [0.3, 0.4) is 0 Å². The summed E-state index contributed by atoms with van der Waals surface area (Å²) in [6, 6.07) is 0. The van der Waals surface area contributed by atoms with Crippen molar-refractivity contribution < 1.29 is 0 Å². The average molecular weight is 107 g/mol. The van der Waals surface area contributed by atoms with Crippen molar-refractivity contribution in [3.8, 4) is 0 Å². The Labute approximate surface area is 49.1 Å². The molecule has 1 saturated carbocycles. The van der Waals surface area contributed by atoms with E-state index in [1.54, 1.807) is 11.1 Å². The van der Waals surface area contributed by atoms with E-state index in [0.29, 0.717) is 0 Å². The summed E-state index contributed by atoms with van der Waals surface area (Å²) in [4.78, 5) is 4.13. The molecule has 0 aromatic rings. The number of hydrogen-bond donors (Lipinski definition) is 0. The smallest absolute Gasteiger partial charge is 0.0604 e. The Balaban J connectivity index is 1.86. The molecular weight excluding hydrogens is 98.1 g/mol. The second-order valence-corrected chi connectivity index (χ2v) is 2.41. The molecule has 0 saturated heterocycles. The lowest BCUT2D eigenvalue weighted by Gasteiger charge is -1.86. The Bertz CT molecular complexity index is 177. The maximum atomic E-state index is 4.13. The van der Waals surface area contributed by atoms with E-state index in [1.165, 1.54) is 6.42 Å². The average Bonchev–Trinajstić information content (AvgIpc) is 2.50. The summed E-state index contributed by atoms with van der Waals surface area (Å²) in [5, 5.41) is 0. The van der Waals surface area contributed by atoms with E-state index in [0.717, 1.165) is 12.5 Å². The fourth-order valence-electron chi connectivity index (χ4n) is 1.06. The van der Waals surface area contributed by atoms with Crippen LogP contribution in [0, 0.1) is 5.92 Å². The molecule has 0 amide bonds. The summed E-state index contributed by atoms with van der Waals surface area (Å²) in [5.74, 6) is 0.957. The molecule has 0 spiro atoms. The molecule has 42 valence electrons. The number of nitrogens with zero attached hydrogens (tertiary/aromatic N) is 1. The molecule has 0 aliphatic heterocycles. The van der Waals surface area contributed by atoms with Crippen molar-refractivity contribution in [3.63, 3.8) is 0 Å². The molecule has 2 rings (SSSR count). The minimum atomic E-state index is 0.957. The third-order valence-electron chi connectivity index (χ3n) is 1.88. The van der Waals surface area contributed by atoms with Crippen molar-refractivity contribution >= 4 is 6.21 Å². The number of hydrogen-bond acceptors (Lipinski definition) is 1. The molecular formula is C7H9N. The zero-order valence-electron chi connectivity index (χ0n) is 5.02. The number of fused-ring (bicyclic) bond motifs is 1. The van der Waals surface area contributed by atoms with Gasteiger partial charge in [0, 0.05) is 5.92 Å². The van der Waals surface area contributed by atoms with Crippen LogP contribution in [0.4, 0.5) is 0 Å². The van der Waals surface area contributed by atoms with E-state index in [9.17, 15) is 0 Å². The van der Waals surface area contributed by atoms with E-state index in [2.05, 4.69) is 4.99 Å². The lowest BCUT2D eigenvalue weighted by atomic mass is 10.3. The first kappa shape index (κ1) is 4.30. The first-order valence-electron chi connectivity index (χ1n) is 3.09. The maximum absolute atomic E-state index is 4.13. The van der Waals surface area contributed by atoms with Gasteiger partial charge in [0.1, 0.15) is 0 Å². The third-order valence-corrected chi connectivity index (χ3v) is 1.88. The largest absolute Gasteiger partial charge is 0.293 e. The Kier molecular flexibility index (Phi) is 0.655. The summed E-state index contributed by atoms with van der Waals surface area (Å²) in [5.41, 5.74) is 3.33. The highest BCUT2D eigenvalue weighted by Gasteiger charge is 2.49. The van der Waals surface area contributed by atoms with Gasteiger partial charge in [0.15, 0.2) is 0 Å². The molecule has 0 N–H and O–H groups in total. The molecule has 2 aliphatic carbocycles.